The minimum Gasteiger partial charge on any atom is -0.481 e. The van der Waals surface area contributed by atoms with Crippen LogP contribution in [0.2, 0.25) is 0 Å². The molecule has 2 aliphatic heterocycles. The second kappa shape index (κ2) is 4.81. The molecule has 1 aromatic carbocycles. The van der Waals surface area contributed by atoms with Gasteiger partial charge in [-0.3, -0.25) is 4.79 Å². The molecule has 0 aromatic heterocycles. The number of benzene rings is 1. The highest BCUT2D eigenvalue weighted by molar-refractivity contribution is 5.78. The van der Waals surface area contributed by atoms with E-state index in [-0.39, 0.29) is 13.2 Å². The molecule has 106 valence electrons. The smallest absolute Gasteiger partial charge is 0.410 e. The summed E-state index contributed by atoms with van der Waals surface area (Å²) in [4.78, 5) is 24.8. The van der Waals surface area contributed by atoms with Gasteiger partial charge in [-0.2, -0.15) is 0 Å². The third-order valence-corrected chi connectivity index (χ3v) is 4.25. The van der Waals surface area contributed by atoms with Gasteiger partial charge in [0.2, 0.25) is 0 Å². The normalized spacial score (nSPS) is 27.6. The van der Waals surface area contributed by atoms with E-state index in [2.05, 4.69) is 0 Å². The van der Waals surface area contributed by atoms with Crippen molar-refractivity contribution in [3.05, 3.63) is 35.9 Å². The molecule has 2 heterocycles. The van der Waals surface area contributed by atoms with Crippen molar-refractivity contribution in [3.63, 3.8) is 0 Å². The topological polar surface area (TPSA) is 66.8 Å². The lowest BCUT2D eigenvalue weighted by molar-refractivity contribution is -0.166. The molecule has 0 radical (unpaired) electrons. The largest absolute Gasteiger partial charge is 0.481 e. The molecule has 0 unspecified atom stereocenters. The van der Waals surface area contributed by atoms with Crippen molar-refractivity contribution >= 4 is 12.1 Å². The Hall–Kier alpha value is -2.04. The van der Waals surface area contributed by atoms with Gasteiger partial charge in [0.15, 0.2) is 0 Å². The van der Waals surface area contributed by atoms with Crippen LogP contribution in [0.3, 0.4) is 0 Å². The lowest BCUT2D eigenvalue weighted by atomic mass is 9.59. The Balaban J connectivity index is 1.57. The van der Waals surface area contributed by atoms with Crippen LogP contribution in [-0.2, 0) is 16.1 Å². The fourth-order valence-electron chi connectivity index (χ4n) is 3.24. The van der Waals surface area contributed by atoms with E-state index in [1.165, 1.54) is 4.90 Å². The van der Waals surface area contributed by atoms with Gasteiger partial charge in [0, 0.05) is 13.1 Å². The monoisotopic (exact) mass is 275 g/mol. The van der Waals surface area contributed by atoms with E-state index in [1.54, 1.807) is 0 Å². The highest BCUT2D eigenvalue weighted by atomic mass is 16.6. The number of nitrogens with zero attached hydrogens (tertiary/aromatic N) is 1. The van der Waals surface area contributed by atoms with Crippen LogP contribution in [0.5, 0.6) is 0 Å². The van der Waals surface area contributed by atoms with Crippen molar-refractivity contribution in [2.45, 2.75) is 19.4 Å². The van der Waals surface area contributed by atoms with Crippen LogP contribution in [0.15, 0.2) is 30.3 Å². The number of carbonyl (C=O) groups excluding carboxylic acids is 1. The van der Waals surface area contributed by atoms with Gasteiger partial charge >= 0.3 is 12.1 Å². The van der Waals surface area contributed by atoms with Crippen molar-refractivity contribution in [1.29, 1.82) is 0 Å². The summed E-state index contributed by atoms with van der Waals surface area (Å²) in [6.45, 7) is 1.11. The van der Waals surface area contributed by atoms with Crippen molar-refractivity contribution in [1.82, 2.24) is 4.90 Å². The van der Waals surface area contributed by atoms with E-state index < -0.39 is 17.5 Å². The minimum atomic E-state index is -0.797. The summed E-state index contributed by atoms with van der Waals surface area (Å²) < 4.78 is 5.26. The summed E-state index contributed by atoms with van der Waals surface area (Å²) in [7, 11) is 0. The SMILES string of the molecule is O=C(OCc1ccccc1)N1CC2CC(C(=O)O)(C2)C1. The minimum absolute atomic E-state index is 0.223. The lowest BCUT2D eigenvalue weighted by Crippen LogP contribution is -2.61. The van der Waals surface area contributed by atoms with E-state index in [9.17, 15) is 14.7 Å². The first-order valence-corrected chi connectivity index (χ1v) is 6.78. The molecule has 1 saturated carbocycles. The van der Waals surface area contributed by atoms with Gasteiger partial charge < -0.3 is 14.7 Å². The van der Waals surface area contributed by atoms with Gasteiger partial charge in [0.25, 0.3) is 0 Å². The molecule has 0 spiro atoms. The summed E-state index contributed by atoms with van der Waals surface area (Å²) in [5.74, 6) is -0.488. The maximum absolute atomic E-state index is 12.0. The molecule has 5 nitrogen and oxygen atoms in total. The molecule has 1 aliphatic carbocycles. The Kier molecular flexibility index (Phi) is 3.12. The van der Waals surface area contributed by atoms with Crippen LogP contribution in [0.1, 0.15) is 18.4 Å². The third kappa shape index (κ3) is 2.24. The molecule has 1 N–H and O–H groups in total. The van der Waals surface area contributed by atoms with E-state index in [0.29, 0.717) is 25.3 Å². The zero-order valence-electron chi connectivity index (χ0n) is 11.1. The van der Waals surface area contributed by atoms with Crippen LogP contribution >= 0.6 is 0 Å². The third-order valence-electron chi connectivity index (χ3n) is 4.25. The molecule has 1 aromatic rings. The number of hydrogen-bond acceptors (Lipinski definition) is 3. The fourth-order valence-corrected chi connectivity index (χ4v) is 3.24. The molecular formula is C15H17NO4. The Labute approximate surface area is 117 Å². The van der Waals surface area contributed by atoms with E-state index in [0.717, 1.165) is 5.56 Å². The molecule has 3 aliphatic rings. The predicted octanol–water partition coefficient (Wildman–Crippen LogP) is 2.12. The van der Waals surface area contributed by atoms with Crippen molar-refractivity contribution in [2.24, 2.45) is 11.3 Å². The molecule has 2 saturated heterocycles. The molecule has 4 rings (SSSR count). The standard InChI is InChI=1S/C15H17NO4/c17-13(18)15-6-12(7-15)8-16(10-15)14(19)20-9-11-4-2-1-3-5-11/h1-5,12H,6-10H2,(H,17,18). The summed E-state index contributed by atoms with van der Waals surface area (Å²) in [6.07, 6.45) is 0.958. The number of amides is 1. The van der Waals surface area contributed by atoms with Crippen LogP contribution < -0.4 is 0 Å². The number of aliphatic carboxylic acids is 1. The van der Waals surface area contributed by atoms with Crippen molar-refractivity contribution in [3.8, 4) is 0 Å². The Morgan fingerprint density at radius 2 is 2.00 bits per heavy atom. The van der Waals surface area contributed by atoms with Gasteiger partial charge in [0.1, 0.15) is 6.61 Å². The van der Waals surface area contributed by atoms with E-state index >= 15 is 0 Å². The molecule has 1 amide bonds. The quantitative estimate of drug-likeness (QED) is 0.917. The molecular weight excluding hydrogens is 258 g/mol. The fraction of sp³-hybridized carbons (Fsp3) is 0.467. The Morgan fingerprint density at radius 3 is 2.65 bits per heavy atom. The zero-order valence-corrected chi connectivity index (χ0v) is 11.1. The summed E-state index contributed by atoms with van der Waals surface area (Å²) >= 11 is 0. The van der Waals surface area contributed by atoms with Gasteiger partial charge in [-0.15, -0.1) is 0 Å². The highest BCUT2D eigenvalue weighted by Crippen LogP contribution is 2.50. The zero-order chi connectivity index (χ0) is 14.2. The van der Waals surface area contributed by atoms with Crippen LogP contribution in [0.25, 0.3) is 0 Å². The van der Waals surface area contributed by atoms with Crippen molar-refractivity contribution in [2.75, 3.05) is 13.1 Å². The second-order valence-corrected chi connectivity index (χ2v) is 5.78. The van der Waals surface area contributed by atoms with Crippen molar-refractivity contribution < 1.29 is 19.4 Å². The number of rotatable bonds is 3. The maximum Gasteiger partial charge on any atom is 0.410 e. The number of fused-ring (bicyclic) bond motifs is 2. The molecule has 0 atom stereocenters. The Morgan fingerprint density at radius 1 is 1.30 bits per heavy atom. The molecule has 2 bridgehead atoms. The van der Waals surface area contributed by atoms with Gasteiger partial charge in [-0.25, -0.2) is 4.79 Å². The summed E-state index contributed by atoms with van der Waals surface area (Å²) in [5.41, 5.74) is 0.199. The number of carbonyl (C=O) groups is 2. The molecule has 20 heavy (non-hydrogen) atoms. The summed E-state index contributed by atoms with van der Waals surface area (Å²) in [5, 5.41) is 9.26. The number of carboxylic acids is 1. The van der Waals surface area contributed by atoms with Crippen LogP contribution in [0.4, 0.5) is 4.79 Å². The number of hydrogen-bond donors (Lipinski definition) is 1. The highest BCUT2D eigenvalue weighted by Gasteiger charge is 2.56. The molecule has 5 heteroatoms. The van der Waals surface area contributed by atoms with Gasteiger partial charge in [-0.05, 0) is 24.3 Å². The Bertz CT molecular complexity index is 522. The first-order chi connectivity index (χ1) is 9.59. The van der Waals surface area contributed by atoms with Gasteiger partial charge in [0.05, 0.1) is 5.41 Å². The molecule has 3 fully saturated rings. The van der Waals surface area contributed by atoms with Gasteiger partial charge in [-0.1, -0.05) is 30.3 Å². The maximum atomic E-state index is 12.0. The number of piperidine rings is 2. The number of carboxylic acid groups (broad SMARTS) is 1. The second-order valence-electron chi connectivity index (χ2n) is 5.78. The van der Waals surface area contributed by atoms with Crippen LogP contribution in [0, 0.1) is 11.3 Å². The number of ether oxygens (including phenoxy) is 1. The van der Waals surface area contributed by atoms with Crippen LogP contribution in [-0.4, -0.2) is 35.2 Å². The average Bonchev–Trinajstić information content (AvgIpc) is 2.44. The first kappa shape index (κ1) is 13.0. The summed E-state index contributed by atoms with van der Waals surface area (Å²) in [6, 6.07) is 9.46. The lowest BCUT2D eigenvalue weighted by Gasteiger charge is -2.53. The van der Waals surface area contributed by atoms with E-state index in [1.807, 2.05) is 30.3 Å². The average molecular weight is 275 g/mol. The first-order valence-electron chi connectivity index (χ1n) is 6.78. The van der Waals surface area contributed by atoms with E-state index in [4.69, 9.17) is 4.74 Å². The predicted molar refractivity (Wildman–Crippen MR) is 71.0 cm³/mol.